The molecule has 0 spiro atoms. The summed E-state index contributed by atoms with van der Waals surface area (Å²) in [4.78, 5) is 4.08. The predicted molar refractivity (Wildman–Crippen MR) is 75.1 cm³/mol. The SMILES string of the molecule is Clc1cc(Cl)cc(OCc2nc(Cl)ccc2Cl)c1. The first-order chi connectivity index (χ1) is 8.54. The highest BCUT2D eigenvalue weighted by molar-refractivity contribution is 6.34. The molecule has 0 aliphatic rings. The molecule has 0 fully saturated rings. The summed E-state index contributed by atoms with van der Waals surface area (Å²) in [6.07, 6.45) is 0. The van der Waals surface area contributed by atoms with Crippen LogP contribution in [0.4, 0.5) is 0 Å². The van der Waals surface area contributed by atoms with Crippen LogP contribution in [0.15, 0.2) is 30.3 Å². The van der Waals surface area contributed by atoms with Gasteiger partial charge >= 0.3 is 0 Å². The second-order valence-corrected chi connectivity index (χ2v) is 5.12. The first kappa shape index (κ1) is 13.8. The van der Waals surface area contributed by atoms with Gasteiger partial charge in [-0.1, -0.05) is 46.4 Å². The molecule has 1 aromatic heterocycles. The number of hydrogen-bond acceptors (Lipinski definition) is 2. The Morgan fingerprint density at radius 3 is 2.28 bits per heavy atom. The highest BCUT2D eigenvalue weighted by Gasteiger charge is 2.05. The Balaban J connectivity index is 2.13. The third kappa shape index (κ3) is 3.66. The van der Waals surface area contributed by atoms with Crippen LogP contribution in [0.3, 0.4) is 0 Å². The largest absolute Gasteiger partial charge is 0.487 e. The molecule has 6 heteroatoms. The first-order valence-corrected chi connectivity index (χ1v) is 6.45. The van der Waals surface area contributed by atoms with Gasteiger partial charge in [0.15, 0.2) is 0 Å². The molecule has 94 valence electrons. The third-order valence-electron chi connectivity index (χ3n) is 2.10. The fraction of sp³-hybridized carbons (Fsp3) is 0.0833. The van der Waals surface area contributed by atoms with E-state index in [1.807, 2.05) is 0 Å². The van der Waals surface area contributed by atoms with Gasteiger partial charge in [0.2, 0.25) is 0 Å². The van der Waals surface area contributed by atoms with Crippen molar-refractivity contribution in [3.05, 3.63) is 56.2 Å². The summed E-state index contributed by atoms with van der Waals surface area (Å²) < 4.78 is 5.52. The van der Waals surface area contributed by atoms with Gasteiger partial charge in [-0.25, -0.2) is 4.98 Å². The van der Waals surface area contributed by atoms with Crippen LogP contribution in [0.5, 0.6) is 5.75 Å². The maximum absolute atomic E-state index is 5.97. The van der Waals surface area contributed by atoms with Gasteiger partial charge in [-0.15, -0.1) is 0 Å². The molecule has 2 nitrogen and oxygen atoms in total. The van der Waals surface area contributed by atoms with Gasteiger partial charge in [-0.2, -0.15) is 0 Å². The smallest absolute Gasteiger partial charge is 0.132 e. The van der Waals surface area contributed by atoms with Gasteiger partial charge in [0.05, 0.1) is 10.7 Å². The van der Waals surface area contributed by atoms with Crippen LogP contribution >= 0.6 is 46.4 Å². The Morgan fingerprint density at radius 2 is 1.61 bits per heavy atom. The fourth-order valence-corrected chi connectivity index (χ4v) is 2.15. The van der Waals surface area contributed by atoms with Crippen molar-refractivity contribution in [2.75, 3.05) is 0 Å². The molecule has 0 unspecified atom stereocenters. The Bertz CT molecular complexity index is 554. The highest BCUT2D eigenvalue weighted by Crippen LogP contribution is 2.25. The van der Waals surface area contributed by atoms with E-state index in [2.05, 4.69) is 4.98 Å². The van der Waals surface area contributed by atoms with Crippen LogP contribution < -0.4 is 4.74 Å². The second kappa shape index (κ2) is 5.98. The molecule has 1 heterocycles. The van der Waals surface area contributed by atoms with Gasteiger partial charge in [0.1, 0.15) is 17.5 Å². The summed E-state index contributed by atoms with van der Waals surface area (Å²) >= 11 is 23.5. The van der Waals surface area contributed by atoms with Gasteiger partial charge in [-0.3, -0.25) is 0 Å². The number of benzene rings is 1. The van der Waals surface area contributed by atoms with E-state index in [1.54, 1.807) is 30.3 Å². The van der Waals surface area contributed by atoms with Crippen molar-refractivity contribution in [3.63, 3.8) is 0 Å². The zero-order chi connectivity index (χ0) is 13.1. The molecule has 0 aliphatic carbocycles. The molecule has 18 heavy (non-hydrogen) atoms. The first-order valence-electron chi connectivity index (χ1n) is 4.94. The van der Waals surface area contributed by atoms with Gasteiger partial charge < -0.3 is 4.74 Å². The van der Waals surface area contributed by atoms with E-state index in [4.69, 9.17) is 51.1 Å². The Morgan fingerprint density at radius 1 is 0.944 bits per heavy atom. The van der Waals surface area contributed by atoms with E-state index < -0.39 is 0 Å². The molecular formula is C12H7Cl4NO. The fourth-order valence-electron chi connectivity index (χ4n) is 1.32. The third-order valence-corrected chi connectivity index (χ3v) is 3.09. The van der Waals surface area contributed by atoms with Crippen molar-refractivity contribution in [3.8, 4) is 5.75 Å². The number of rotatable bonds is 3. The average Bonchev–Trinajstić information content (AvgIpc) is 2.29. The van der Waals surface area contributed by atoms with Crippen molar-refractivity contribution in [2.45, 2.75) is 6.61 Å². The maximum atomic E-state index is 5.97. The quantitative estimate of drug-likeness (QED) is 0.718. The van der Waals surface area contributed by atoms with Crippen molar-refractivity contribution < 1.29 is 4.74 Å². The molecule has 0 N–H and O–H groups in total. The molecule has 0 bridgehead atoms. The summed E-state index contributed by atoms with van der Waals surface area (Å²) in [5, 5.41) is 1.86. The van der Waals surface area contributed by atoms with E-state index in [-0.39, 0.29) is 6.61 Å². The normalized spacial score (nSPS) is 10.4. The minimum Gasteiger partial charge on any atom is -0.487 e. The molecule has 0 amide bonds. The minimum atomic E-state index is 0.191. The number of pyridine rings is 1. The molecule has 0 radical (unpaired) electrons. The lowest BCUT2D eigenvalue weighted by Gasteiger charge is -2.08. The lowest BCUT2D eigenvalue weighted by molar-refractivity contribution is 0.301. The van der Waals surface area contributed by atoms with Crippen LogP contribution in [0.1, 0.15) is 5.69 Å². The molecule has 0 saturated carbocycles. The molecule has 0 saturated heterocycles. The monoisotopic (exact) mass is 321 g/mol. The minimum absolute atomic E-state index is 0.191. The Hall–Kier alpha value is -0.670. The number of halogens is 4. The standard InChI is InChI=1S/C12H7Cl4NO/c13-7-3-8(14)5-9(4-7)18-6-11-10(15)1-2-12(16)17-11/h1-5H,6H2. The molecular weight excluding hydrogens is 316 g/mol. The summed E-state index contributed by atoms with van der Waals surface area (Å²) in [6.45, 7) is 0.191. The molecule has 0 atom stereocenters. The van der Waals surface area contributed by atoms with E-state index in [0.717, 1.165) is 0 Å². The second-order valence-electron chi connectivity index (χ2n) is 3.46. The van der Waals surface area contributed by atoms with Crippen molar-refractivity contribution in [2.24, 2.45) is 0 Å². The number of aromatic nitrogens is 1. The van der Waals surface area contributed by atoms with E-state index in [9.17, 15) is 0 Å². The molecule has 1 aromatic carbocycles. The van der Waals surface area contributed by atoms with Crippen LogP contribution in [-0.4, -0.2) is 4.98 Å². The maximum Gasteiger partial charge on any atom is 0.132 e. The van der Waals surface area contributed by atoms with Crippen molar-refractivity contribution in [1.82, 2.24) is 4.98 Å². The van der Waals surface area contributed by atoms with Gasteiger partial charge in [0.25, 0.3) is 0 Å². The summed E-state index contributed by atoms with van der Waals surface area (Å²) in [6, 6.07) is 8.22. The highest BCUT2D eigenvalue weighted by atomic mass is 35.5. The molecule has 2 rings (SSSR count). The number of hydrogen-bond donors (Lipinski definition) is 0. The van der Waals surface area contributed by atoms with Gasteiger partial charge in [-0.05, 0) is 30.3 Å². The van der Waals surface area contributed by atoms with Crippen LogP contribution in [0, 0.1) is 0 Å². The van der Waals surface area contributed by atoms with Crippen LogP contribution in [-0.2, 0) is 6.61 Å². The van der Waals surface area contributed by atoms with Crippen molar-refractivity contribution in [1.29, 1.82) is 0 Å². The lowest BCUT2D eigenvalue weighted by Crippen LogP contribution is -1.99. The van der Waals surface area contributed by atoms with E-state index in [0.29, 0.717) is 31.7 Å². The summed E-state index contributed by atoms with van der Waals surface area (Å²) in [7, 11) is 0. The summed E-state index contributed by atoms with van der Waals surface area (Å²) in [5.41, 5.74) is 0.556. The van der Waals surface area contributed by atoms with Crippen LogP contribution in [0.2, 0.25) is 20.2 Å². The Kier molecular flexibility index (Phi) is 4.57. The number of nitrogens with zero attached hydrogens (tertiary/aromatic N) is 1. The van der Waals surface area contributed by atoms with Crippen LogP contribution in [0.25, 0.3) is 0 Å². The van der Waals surface area contributed by atoms with E-state index in [1.165, 1.54) is 0 Å². The Labute approximate surface area is 124 Å². The topological polar surface area (TPSA) is 22.1 Å². The zero-order valence-electron chi connectivity index (χ0n) is 8.96. The van der Waals surface area contributed by atoms with Gasteiger partial charge in [0, 0.05) is 10.0 Å². The predicted octanol–water partition coefficient (Wildman–Crippen LogP) is 5.27. The lowest BCUT2D eigenvalue weighted by atomic mass is 10.3. The zero-order valence-corrected chi connectivity index (χ0v) is 12.0. The molecule has 2 aromatic rings. The number of ether oxygens (including phenoxy) is 1. The molecule has 0 aliphatic heterocycles. The van der Waals surface area contributed by atoms with E-state index >= 15 is 0 Å². The summed E-state index contributed by atoms with van der Waals surface area (Å²) in [5.74, 6) is 0.547. The average molecular weight is 323 g/mol. The van der Waals surface area contributed by atoms with Crippen molar-refractivity contribution >= 4 is 46.4 Å².